The van der Waals surface area contributed by atoms with Crippen LogP contribution in [0.3, 0.4) is 0 Å². The maximum Gasteiger partial charge on any atom is 0.410 e. The average Bonchev–Trinajstić information content (AvgIpc) is 2.11. The van der Waals surface area contributed by atoms with E-state index < -0.39 is 29.5 Å². The summed E-state index contributed by atoms with van der Waals surface area (Å²) in [5.41, 5.74) is -0.683. The molecule has 0 aliphatic heterocycles. The molecule has 0 fully saturated rings. The fourth-order valence-corrected chi connectivity index (χ4v) is 0.847. The van der Waals surface area contributed by atoms with E-state index in [9.17, 15) is 14.4 Å². The van der Waals surface area contributed by atoms with E-state index in [2.05, 4.69) is 0 Å². The van der Waals surface area contributed by atoms with Gasteiger partial charge in [-0.05, 0) is 27.7 Å². The van der Waals surface area contributed by atoms with Gasteiger partial charge in [-0.15, -0.1) is 0 Å². The zero-order valence-electron chi connectivity index (χ0n) is 10.1. The van der Waals surface area contributed by atoms with Crippen molar-refractivity contribution in [1.29, 1.82) is 0 Å². The van der Waals surface area contributed by atoms with Gasteiger partial charge in [-0.25, -0.2) is 9.59 Å². The van der Waals surface area contributed by atoms with Crippen LogP contribution in [0.1, 0.15) is 27.7 Å². The first-order chi connectivity index (χ1) is 7.06. The standard InChI is InChI=1S/C10H17NO5/c1-6(7(12)8(13)14)11(5)9(15)16-10(2,3)4/h6H,1-5H3,(H,13,14). The van der Waals surface area contributed by atoms with Crippen LogP contribution in [-0.4, -0.2) is 46.5 Å². The molecular weight excluding hydrogens is 214 g/mol. The van der Waals surface area contributed by atoms with Gasteiger partial charge < -0.3 is 14.7 Å². The lowest BCUT2D eigenvalue weighted by molar-refractivity contribution is -0.151. The number of Topliss-reactive ketones (excluding diaryl/α,β-unsaturated/α-hetero) is 1. The highest BCUT2D eigenvalue weighted by Gasteiger charge is 2.30. The molecule has 0 aliphatic carbocycles. The van der Waals surface area contributed by atoms with Crippen molar-refractivity contribution in [3.8, 4) is 0 Å². The Morgan fingerprint density at radius 1 is 1.25 bits per heavy atom. The molecule has 0 saturated heterocycles. The first kappa shape index (κ1) is 14.4. The normalized spacial score (nSPS) is 12.8. The lowest BCUT2D eigenvalue weighted by Gasteiger charge is -2.27. The topological polar surface area (TPSA) is 83.9 Å². The minimum absolute atomic E-state index is 0.683. The molecule has 16 heavy (non-hydrogen) atoms. The van der Waals surface area contributed by atoms with Crippen molar-refractivity contribution >= 4 is 17.8 Å². The minimum Gasteiger partial charge on any atom is -0.475 e. The number of nitrogens with zero attached hydrogens (tertiary/aromatic N) is 1. The Balaban J connectivity index is 4.56. The Morgan fingerprint density at radius 3 is 2.00 bits per heavy atom. The van der Waals surface area contributed by atoms with Crippen LogP contribution >= 0.6 is 0 Å². The van der Waals surface area contributed by atoms with Gasteiger partial charge in [0.25, 0.3) is 5.78 Å². The number of ketones is 1. The van der Waals surface area contributed by atoms with E-state index in [1.54, 1.807) is 20.8 Å². The predicted molar refractivity (Wildman–Crippen MR) is 56.1 cm³/mol. The predicted octanol–water partition coefficient (Wildman–Crippen LogP) is 0.895. The summed E-state index contributed by atoms with van der Waals surface area (Å²) < 4.78 is 4.99. The number of amides is 1. The van der Waals surface area contributed by atoms with E-state index in [0.717, 1.165) is 4.90 Å². The Morgan fingerprint density at radius 2 is 1.69 bits per heavy atom. The van der Waals surface area contributed by atoms with E-state index in [1.807, 2.05) is 0 Å². The highest BCUT2D eigenvalue weighted by molar-refractivity contribution is 6.34. The second-order valence-electron chi connectivity index (χ2n) is 4.44. The minimum atomic E-state index is -1.57. The molecule has 0 spiro atoms. The van der Waals surface area contributed by atoms with Crippen molar-refractivity contribution in [2.45, 2.75) is 39.3 Å². The van der Waals surface area contributed by atoms with Crippen LogP contribution < -0.4 is 0 Å². The van der Waals surface area contributed by atoms with Crippen LogP contribution in [0.25, 0.3) is 0 Å². The first-order valence-corrected chi connectivity index (χ1v) is 4.79. The number of hydrogen-bond acceptors (Lipinski definition) is 4. The van der Waals surface area contributed by atoms with Crippen molar-refractivity contribution in [2.75, 3.05) is 7.05 Å². The van der Waals surface area contributed by atoms with Gasteiger partial charge in [-0.2, -0.15) is 0 Å². The molecule has 0 saturated carbocycles. The van der Waals surface area contributed by atoms with Crippen molar-refractivity contribution < 1.29 is 24.2 Å². The molecule has 6 heteroatoms. The highest BCUT2D eigenvalue weighted by atomic mass is 16.6. The largest absolute Gasteiger partial charge is 0.475 e. The number of likely N-dealkylation sites (N-methyl/N-ethyl adjacent to an activating group) is 1. The fourth-order valence-electron chi connectivity index (χ4n) is 0.847. The first-order valence-electron chi connectivity index (χ1n) is 4.79. The highest BCUT2D eigenvalue weighted by Crippen LogP contribution is 2.10. The molecule has 0 aromatic heterocycles. The van der Waals surface area contributed by atoms with E-state index in [4.69, 9.17) is 9.84 Å². The zero-order valence-corrected chi connectivity index (χ0v) is 10.1. The molecule has 0 radical (unpaired) electrons. The number of hydrogen-bond donors (Lipinski definition) is 1. The number of carboxylic acid groups (broad SMARTS) is 1. The third-order valence-electron chi connectivity index (χ3n) is 1.85. The zero-order chi connectivity index (χ0) is 13.1. The number of rotatable bonds is 3. The van der Waals surface area contributed by atoms with Gasteiger partial charge in [0.2, 0.25) is 0 Å². The number of carbonyl (C=O) groups excluding carboxylic acids is 2. The summed E-state index contributed by atoms with van der Waals surface area (Å²) in [6.07, 6.45) is -0.727. The Labute approximate surface area is 94.2 Å². The molecule has 0 aliphatic rings. The molecule has 0 aromatic rings. The molecule has 6 nitrogen and oxygen atoms in total. The van der Waals surface area contributed by atoms with Crippen molar-refractivity contribution in [3.63, 3.8) is 0 Å². The third kappa shape index (κ3) is 4.29. The van der Waals surface area contributed by atoms with Crippen molar-refractivity contribution in [3.05, 3.63) is 0 Å². The molecular formula is C10H17NO5. The molecule has 0 aromatic carbocycles. The smallest absolute Gasteiger partial charge is 0.410 e. The summed E-state index contributed by atoms with van der Waals surface area (Å²) in [4.78, 5) is 34.0. The SMILES string of the molecule is CC(C(=O)C(=O)O)N(C)C(=O)OC(C)(C)C. The van der Waals surface area contributed by atoms with Gasteiger partial charge in [0, 0.05) is 7.05 Å². The van der Waals surface area contributed by atoms with Crippen LogP contribution in [0.5, 0.6) is 0 Å². The van der Waals surface area contributed by atoms with Gasteiger partial charge in [0.05, 0.1) is 0 Å². The number of carboxylic acids is 1. The summed E-state index contributed by atoms with van der Waals surface area (Å²) in [7, 11) is 1.32. The fraction of sp³-hybridized carbons (Fsp3) is 0.700. The number of aliphatic carboxylic acids is 1. The Bertz CT molecular complexity index is 305. The van der Waals surface area contributed by atoms with Gasteiger partial charge in [-0.1, -0.05) is 0 Å². The molecule has 1 atom stereocenters. The second-order valence-corrected chi connectivity index (χ2v) is 4.44. The van der Waals surface area contributed by atoms with E-state index in [1.165, 1.54) is 14.0 Å². The van der Waals surface area contributed by atoms with Crippen molar-refractivity contribution in [1.82, 2.24) is 4.90 Å². The molecule has 1 N–H and O–H groups in total. The summed E-state index contributed by atoms with van der Waals surface area (Å²) in [5, 5.41) is 8.49. The number of ether oxygens (including phenoxy) is 1. The quantitative estimate of drug-likeness (QED) is 0.729. The van der Waals surface area contributed by atoms with Crippen molar-refractivity contribution in [2.24, 2.45) is 0 Å². The lowest BCUT2D eigenvalue weighted by Crippen LogP contribution is -2.45. The van der Waals surface area contributed by atoms with Gasteiger partial charge in [0.15, 0.2) is 0 Å². The lowest BCUT2D eigenvalue weighted by atomic mass is 10.2. The maximum atomic E-state index is 11.5. The van der Waals surface area contributed by atoms with Gasteiger partial charge in [0.1, 0.15) is 11.6 Å². The van der Waals surface area contributed by atoms with Crippen LogP contribution in [-0.2, 0) is 14.3 Å². The molecule has 0 rings (SSSR count). The summed E-state index contributed by atoms with van der Waals surface area (Å²) in [6, 6.07) is -1.05. The second kappa shape index (κ2) is 4.96. The Kier molecular flexibility index (Phi) is 4.47. The third-order valence-corrected chi connectivity index (χ3v) is 1.85. The van der Waals surface area contributed by atoms with Crippen LogP contribution in [0, 0.1) is 0 Å². The number of carbonyl (C=O) groups is 3. The van der Waals surface area contributed by atoms with E-state index in [-0.39, 0.29) is 0 Å². The molecule has 1 amide bonds. The molecule has 92 valence electrons. The van der Waals surface area contributed by atoms with Crippen LogP contribution in [0.2, 0.25) is 0 Å². The monoisotopic (exact) mass is 231 g/mol. The van der Waals surface area contributed by atoms with Crippen LogP contribution in [0.4, 0.5) is 4.79 Å². The van der Waals surface area contributed by atoms with E-state index in [0.29, 0.717) is 0 Å². The van der Waals surface area contributed by atoms with Gasteiger partial charge >= 0.3 is 12.1 Å². The maximum absolute atomic E-state index is 11.5. The van der Waals surface area contributed by atoms with Gasteiger partial charge in [-0.3, -0.25) is 4.79 Å². The average molecular weight is 231 g/mol. The Hall–Kier alpha value is -1.59. The molecule has 0 bridgehead atoms. The van der Waals surface area contributed by atoms with E-state index >= 15 is 0 Å². The molecule has 0 heterocycles. The molecule has 1 unspecified atom stereocenters. The summed E-state index contributed by atoms with van der Waals surface area (Å²) in [5.74, 6) is -2.61. The summed E-state index contributed by atoms with van der Waals surface area (Å²) >= 11 is 0. The summed E-state index contributed by atoms with van der Waals surface area (Å²) in [6.45, 7) is 6.38. The van der Waals surface area contributed by atoms with Crippen LogP contribution in [0.15, 0.2) is 0 Å².